The monoisotopic (exact) mass is 924 g/mol. The number of amides is 4. The Morgan fingerprint density at radius 3 is 1.76 bits per heavy atom. The topological polar surface area (TPSA) is 192 Å². The van der Waals surface area contributed by atoms with Gasteiger partial charge in [0.25, 0.3) is 5.56 Å². The molecule has 15 nitrogen and oxygen atoms in total. The van der Waals surface area contributed by atoms with Crippen LogP contribution in [-0.2, 0) is 31.9 Å². The summed E-state index contributed by atoms with van der Waals surface area (Å²) in [5.41, 5.74) is 9.62. The molecule has 1 saturated carbocycles. The van der Waals surface area contributed by atoms with Crippen molar-refractivity contribution in [1.82, 2.24) is 40.4 Å². The van der Waals surface area contributed by atoms with E-state index in [2.05, 4.69) is 63.1 Å². The molecule has 4 aliphatic rings. The fourth-order valence-corrected chi connectivity index (χ4v) is 11.5. The Hall–Kier alpha value is -6.51. The minimum Gasteiger partial charge on any atom is -0.453 e. The van der Waals surface area contributed by atoms with E-state index in [1.54, 1.807) is 4.90 Å². The summed E-state index contributed by atoms with van der Waals surface area (Å²) in [7, 11) is 2.57. The number of hydrogen-bond acceptors (Lipinski definition) is 9. The normalized spacial score (nSPS) is 19.6. The molecule has 68 heavy (non-hydrogen) atoms. The number of aromatic amines is 2. The van der Waals surface area contributed by atoms with E-state index in [1.807, 2.05) is 50.9 Å². The standard InChI is InChI=1S/C53H64N8O7/c1-30(2)44(57-51(65)67-5)49(63)60-24-10-12-42(60)46-54-29-41(56-46)33-16-14-32(15-17-33)35-19-20-36(39-28-53(27-38(35)39)22-8-7-9-23-53)34-18-21-40-37(26-34)48(62)59-47(55-40)43-13-11-25-61(43)50(64)45(31(3)4)58-52(66)68-6/h14-21,26,29-31,42-45H,7-13,22-25,27-28H2,1-6H3,(H,54,56)(H,57,65)(H,58,66)(H,55,59,62)/t42-,43-,44-,45-/m0/s1. The molecule has 0 radical (unpaired) electrons. The van der Waals surface area contributed by atoms with Crippen molar-refractivity contribution in [3.05, 3.63) is 93.9 Å². The molecule has 2 saturated heterocycles. The molecule has 1 spiro atoms. The maximum absolute atomic E-state index is 14.0. The molecular weight excluding hydrogens is 861 g/mol. The average molecular weight is 925 g/mol. The highest BCUT2D eigenvalue weighted by molar-refractivity contribution is 5.89. The zero-order valence-electron chi connectivity index (χ0n) is 40.1. The van der Waals surface area contributed by atoms with Gasteiger partial charge in [-0.15, -0.1) is 0 Å². The lowest BCUT2D eigenvalue weighted by atomic mass is 9.72. The van der Waals surface area contributed by atoms with Crippen LogP contribution in [0.4, 0.5) is 9.59 Å². The summed E-state index contributed by atoms with van der Waals surface area (Å²) in [6.07, 6.45) is 11.7. The van der Waals surface area contributed by atoms with E-state index in [1.165, 1.54) is 63.0 Å². The number of alkyl carbamates (subject to hydrolysis) is 2. The summed E-state index contributed by atoms with van der Waals surface area (Å²) in [6.45, 7) is 8.66. The first-order valence-electron chi connectivity index (χ1n) is 24.4. The number of ether oxygens (including phenoxy) is 2. The van der Waals surface area contributed by atoms with Crippen LogP contribution < -0.4 is 16.2 Å². The maximum atomic E-state index is 14.0. The van der Waals surface area contributed by atoms with Crippen LogP contribution in [-0.4, -0.2) is 93.1 Å². The van der Waals surface area contributed by atoms with E-state index < -0.39 is 30.3 Å². The van der Waals surface area contributed by atoms with Gasteiger partial charge in [-0.1, -0.05) is 89.4 Å². The smallest absolute Gasteiger partial charge is 0.407 e. The first-order valence-corrected chi connectivity index (χ1v) is 24.4. The van der Waals surface area contributed by atoms with Crippen LogP contribution in [0.2, 0.25) is 0 Å². The highest BCUT2D eigenvalue weighted by atomic mass is 16.5. The van der Waals surface area contributed by atoms with Crippen LogP contribution >= 0.6 is 0 Å². The van der Waals surface area contributed by atoms with Crippen LogP contribution in [0, 0.1) is 17.3 Å². The third kappa shape index (κ3) is 8.99. The summed E-state index contributed by atoms with van der Waals surface area (Å²) in [5, 5.41) is 5.91. The maximum Gasteiger partial charge on any atom is 0.407 e. The second-order valence-corrected chi connectivity index (χ2v) is 20.1. The zero-order valence-corrected chi connectivity index (χ0v) is 40.1. The van der Waals surface area contributed by atoms with Gasteiger partial charge >= 0.3 is 12.2 Å². The van der Waals surface area contributed by atoms with E-state index in [-0.39, 0.29) is 40.7 Å². The molecule has 3 fully saturated rings. The molecule has 4 N–H and O–H groups in total. The van der Waals surface area contributed by atoms with Crippen molar-refractivity contribution in [2.45, 2.75) is 122 Å². The van der Waals surface area contributed by atoms with Crippen molar-refractivity contribution < 1.29 is 28.7 Å². The van der Waals surface area contributed by atoms with Crippen LogP contribution in [0.1, 0.15) is 120 Å². The van der Waals surface area contributed by atoms with Gasteiger partial charge < -0.3 is 39.9 Å². The van der Waals surface area contributed by atoms with Gasteiger partial charge in [-0.2, -0.15) is 0 Å². The summed E-state index contributed by atoms with van der Waals surface area (Å²) in [6, 6.07) is 16.9. The number of carbonyl (C=O) groups excluding carboxylic acids is 4. The molecule has 15 heteroatoms. The molecule has 4 atom stereocenters. The van der Waals surface area contributed by atoms with Crippen molar-refractivity contribution >= 4 is 34.9 Å². The minimum absolute atomic E-state index is 0.115. The molecule has 5 aromatic rings. The number of nitrogens with one attached hydrogen (secondary N) is 4. The van der Waals surface area contributed by atoms with E-state index >= 15 is 0 Å². The summed E-state index contributed by atoms with van der Waals surface area (Å²) >= 11 is 0. The molecular formula is C53H64N8O7. The van der Waals surface area contributed by atoms with Gasteiger partial charge in [0.1, 0.15) is 23.7 Å². The van der Waals surface area contributed by atoms with Gasteiger partial charge in [0, 0.05) is 13.1 Å². The van der Waals surface area contributed by atoms with Gasteiger partial charge in [0.15, 0.2) is 0 Å². The van der Waals surface area contributed by atoms with Crippen LogP contribution in [0.15, 0.2) is 65.6 Å². The lowest BCUT2D eigenvalue weighted by Crippen LogP contribution is -2.51. The SMILES string of the molecule is COC(=O)N[C@H](C(=O)N1CCC[C@H]1c1ncc(-c2ccc(-c3ccc(-c4ccc5nc([C@@H]6CCCN6C(=O)[C@@H](NC(=O)OC)C(C)C)[nH]c(=O)c5c4)c4c3CC3(CCCCC3)C4)cc2)[nH]1)C(C)C. The summed E-state index contributed by atoms with van der Waals surface area (Å²) in [4.78, 5) is 85.5. The number of carbonyl (C=O) groups is 4. The van der Waals surface area contributed by atoms with Crippen LogP contribution in [0.25, 0.3) is 44.4 Å². The van der Waals surface area contributed by atoms with E-state index in [0.29, 0.717) is 36.2 Å². The van der Waals surface area contributed by atoms with Crippen LogP contribution in [0.5, 0.6) is 0 Å². The number of hydrogen-bond donors (Lipinski definition) is 4. The summed E-state index contributed by atoms with van der Waals surface area (Å²) in [5.74, 6) is 0.527. The number of likely N-dealkylation sites (tertiary alicyclic amines) is 2. The van der Waals surface area contributed by atoms with Crippen molar-refractivity contribution in [3.63, 3.8) is 0 Å². The highest BCUT2D eigenvalue weighted by Gasteiger charge is 2.42. The molecule has 358 valence electrons. The molecule has 0 unspecified atom stereocenters. The second kappa shape index (κ2) is 19.2. The van der Waals surface area contributed by atoms with Crippen molar-refractivity contribution in [2.24, 2.45) is 17.3 Å². The first kappa shape index (κ1) is 46.6. The van der Waals surface area contributed by atoms with Gasteiger partial charge in [-0.25, -0.2) is 19.6 Å². The van der Waals surface area contributed by atoms with Gasteiger partial charge in [0.2, 0.25) is 11.8 Å². The molecule has 4 amide bonds. The molecule has 2 aliphatic carbocycles. The predicted molar refractivity (Wildman–Crippen MR) is 259 cm³/mol. The number of fused-ring (bicyclic) bond motifs is 2. The highest BCUT2D eigenvalue weighted by Crippen LogP contribution is 2.52. The van der Waals surface area contributed by atoms with Crippen molar-refractivity contribution in [3.8, 4) is 33.5 Å². The van der Waals surface area contributed by atoms with Crippen LogP contribution in [0.3, 0.4) is 0 Å². The van der Waals surface area contributed by atoms with Crippen molar-refractivity contribution in [2.75, 3.05) is 27.3 Å². The van der Waals surface area contributed by atoms with Gasteiger partial charge in [0.05, 0.1) is 49.1 Å². The van der Waals surface area contributed by atoms with Gasteiger partial charge in [-0.3, -0.25) is 14.4 Å². The number of methoxy groups -OCH3 is 2. The molecule has 0 bridgehead atoms. The second-order valence-electron chi connectivity index (χ2n) is 20.1. The van der Waals surface area contributed by atoms with E-state index in [9.17, 15) is 24.0 Å². The number of benzene rings is 3. The molecule has 9 rings (SSSR count). The quantitative estimate of drug-likeness (QED) is 0.100. The first-order chi connectivity index (χ1) is 32.8. The Morgan fingerprint density at radius 1 is 0.676 bits per heavy atom. The zero-order chi connectivity index (χ0) is 47.9. The Morgan fingerprint density at radius 2 is 1.21 bits per heavy atom. The number of aromatic nitrogens is 4. The molecule has 2 aliphatic heterocycles. The predicted octanol–water partition coefficient (Wildman–Crippen LogP) is 8.78. The number of H-pyrrole nitrogens is 2. The van der Waals surface area contributed by atoms with E-state index in [0.717, 1.165) is 65.9 Å². The van der Waals surface area contributed by atoms with Crippen molar-refractivity contribution in [1.29, 1.82) is 0 Å². The number of rotatable bonds is 11. The van der Waals surface area contributed by atoms with Gasteiger partial charge in [-0.05, 0) is 120 Å². The third-order valence-corrected chi connectivity index (χ3v) is 15.1. The number of nitrogens with zero attached hydrogens (tertiary/aromatic N) is 4. The molecule has 2 aromatic heterocycles. The Bertz CT molecular complexity index is 2770. The lowest BCUT2D eigenvalue weighted by Gasteiger charge is -2.33. The average Bonchev–Trinajstić information content (AvgIpc) is 4.19. The largest absolute Gasteiger partial charge is 0.453 e. The minimum atomic E-state index is -0.771. The number of imidazole rings is 1. The molecule has 3 aromatic carbocycles. The summed E-state index contributed by atoms with van der Waals surface area (Å²) < 4.78 is 9.60. The lowest BCUT2D eigenvalue weighted by molar-refractivity contribution is -0.136. The Balaban J connectivity index is 0.979. The Labute approximate surface area is 397 Å². The third-order valence-electron chi connectivity index (χ3n) is 15.1. The fourth-order valence-electron chi connectivity index (χ4n) is 11.5. The Kier molecular flexibility index (Phi) is 13.2. The molecule has 4 heterocycles. The van der Waals surface area contributed by atoms with E-state index in [4.69, 9.17) is 19.4 Å². The fraction of sp³-hybridized carbons (Fsp3) is 0.491.